The summed E-state index contributed by atoms with van der Waals surface area (Å²) in [6.45, 7) is 0. The van der Waals surface area contributed by atoms with Gasteiger partial charge in [-0.2, -0.15) is 0 Å². The number of carboxylic acid groups (broad SMARTS) is 4. The summed E-state index contributed by atoms with van der Waals surface area (Å²) in [5.74, 6) is -4.52. The van der Waals surface area contributed by atoms with Gasteiger partial charge < -0.3 is 39.6 Å². The summed E-state index contributed by atoms with van der Waals surface area (Å²) in [5.41, 5.74) is 0.880. The van der Waals surface area contributed by atoms with Crippen LogP contribution in [-0.2, 0) is 30.6 Å². The van der Waals surface area contributed by atoms with Gasteiger partial charge >= 0.3 is 17.1 Å². The molecule has 8 nitrogen and oxygen atoms in total. The van der Waals surface area contributed by atoms with E-state index in [-0.39, 0.29) is 52.8 Å². The summed E-state index contributed by atoms with van der Waals surface area (Å²) in [6, 6.07) is 32.3. The zero-order valence-corrected chi connectivity index (χ0v) is 22.2. The number of hydrogen-bond acceptors (Lipinski definition) is 8. The van der Waals surface area contributed by atoms with Gasteiger partial charge in [-0.15, -0.1) is 0 Å². The number of carbonyl (C=O) groups is 4. The third-order valence-corrected chi connectivity index (χ3v) is 4.04. The number of benzene rings is 4. The number of rotatable bonds is 4. The molecule has 0 saturated heterocycles. The van der Waals surface area contributed by atoms with Crippen LogP contribution in [0.25, 0.3) is 0 Å². The molecule has 0 aliphatic heterocycles. The van der Waals surface area contributed by atoms with Crippen LogP contribution in [0, 0.1) is 0 Å². The van der Waals surface area contributed by atoms with E-state index in [1.807, 2.05) is 0 Å². The first-order valence-electron chi connectivity index (χ1n) is 10.3. The largest absolute Gasteiger partial charge is 2.00 e. The van der Waals surface area contributed by atoms with E-state index in [0.717, 1.165) is 0 Å². The fourth-order valence-corrected chi connectivity index (χ4v) is 2.30. The average molecular weight is 584 g/mol. The summed E-state index contributed by atoms with van der Waals surface area (Å²) >= 11 is 0. The Morgan fingerprint density at radius 1 is 0.342 bits per heavy atom. The van der Waals surface area contributed by atoms with Crippen molar-refractivity contribution in [3.05, 3.63) is 144 Å². The average Bonchev–Trinajstić information content (AvgIpc) is 2.92. The van der Waals surface area contributed by atoms with Gasteiger partial charge in [-0.1, -0.05) is 121 Å². The molecular formula is C28H24CuO8S. The van der Waals surface area contributed by atoms with Crippen molar-refractivity contribution in [2.45, 2.75) is 0 Å². The van der Waals surface area contributed by atoms with Gasteiger partial charge in [-0.3, -0.25) is 0 Å². The standard InChI is InChI=1S/4C7H6O2.Cu.H4S/c4*8-7(9)6-4-2-1-3-5-6;;/h4*1-5H,(H,8,9);;1H4/q;;;;2*+2/p-4. The van der Waals surface area contributed by atoms with Gasteiger partial charge in [0.05, 0.1) is 23.9 Å². The van der Waals surface area contributed by atoms with Crippen molar-refractivity contribution in [3.8, 4) is 0 Å². The number of aromatic carboxylic acids is 4. The van der Waals surface area contributed by atoms with Gasteiger partial charge in [0, 0.05) is 0 Å². The second kappa shape index (κ2) is 20.8. The number of carbonyl (C=O) groups excluding carboxylic acids is 4. The molecule has 0 atom stereocenters. The Morgan fingerprint density at radius 3 is 0.553 bits per heavy atom. The molecule has 0 aromatic heterocycles. The first-order chi connectivity index (χ1) is 17.2. The first kappa shape index (κ1) is 35.8. The Hall–Kier alpha value is -4.37. The Morgan fingerprint density at radius 2 is 0.474 bits per heavy atom. The van der Waals surface area contributed by atoms with Gasteiger partial charge in [0.2, 0.25) is 0 Å². The molecule has 38 heavy (non-hydrogen) atoms. The second-order valence-corrected chi connectivity index (χ2v) is 6.61. The van der Waals surface area contributed by atoms with Crippen molar-refractivity contribution in [2.75, 3.05) is 0 Å². The molecule has 10 heteroatoms. The third kappa shape index (κ3) is 15.6. The summed E-state index contributed by atoms with van der Waals surface area (Å²) in [6.07, 6.45) is 0. The van der Waals surface area contributed by atoms with Crippen LogP contribution in [-0.4, -0.2) is 23.9 Å². The van der Waals surface area contributed by atoms with Gasteiger partial charge in [-0.05, 0) is 22.3 Å². The zero-order chi connectivity index (χ0) is 26.8. The molecule has 0 unspecified atom stereocenters. The quantitative estimate of drug-likeness (QED) is 0.280. The maximum Gasteiger partial charge on any atom is 2.00 e. The molecule has 0 saturated carbocycles. The van der Waals surface area contributed by atoms with Crippen LogP contribution in [0.15, 0.2) is 121 Å². The van der Waals surface area contributed by atoms with E-state index in [1.165, 1.54) is 48.5 Å². The van der Waals surface area contributed by atoms with Gasteiger partial charge in [-0.25, -0.2) is 13.5 Å². The number of carboxylic acids is 4. The van der Waals surface area contributed by atoms with Crippen molar-refractivity contribution in [1.82, 2.24) is 0 Å². The molecule has 0 spiro atoms. The zero-order valence-electron chi connectivity index (χ0n) is 19.8. The molecule has 1 radical (unpaired) electrons. The van der Waals surface area contributed by atoms with E-state index in [9.17, 15) is 39.6 Å². The van der Waals surface area contributed by atoms with E-state index in [1.54, 1.807) is 72.8 Å². The van der Waals surface area contributed by atoms with E-state index in [2.05, 4.69) is 0 Å². The Labute approximate surface area is 237 Å². The topological polar surface area (TPSA) is 161 Å². The molecule has 4 aromatic rings. The maximum absolute atomic E-state index is 10.1. The van der Waals surface area contributed by atoms with Gasteiger partial charge in [0.15, 0.2) is 0 Å². The van der Waals surface area contributed by atoms with Crippen LogP contribution >= 0.6 is 0 Å². The van der Waals surface area contributed by atoms with E-state index in [0.29, 0.717) is 0 Å². The fourth-order valence-electron chi connectivity index (χ4n) is 2.30. The summed E-state index contributed by atoms with van der Waals surface area (Å²) < 4.78 is 0. The molecule has 0 heterocycles. The smallest absolute Gasteiger partial charge is 0.545 e. The van der Waals surface area contributed by atoms with Crippen LogP contribution in [0.2, 0.25) is 0 Å². The van der Waals surface area contributed by atoms with E-state index >= 15 is 0 Å². The Balaban J connectivity index is 0. The van der Waals surface area contributed by atoms with E-state index < -0.39 is 23.9 Å². The normalized spacial score (nSPS) is 8.42. The molecule has 0 fully saturated rings. The fraction of sp³-hybridized carbons (Fsp3) is 0. The molecule has 0 aliphatic rings. The van der Waals surface area contributed by atoms with Crippen LogP contribution in [0.5, 0.6) is 0 Å². The monoisotopic (exact) mass is 583 g/mol. The van der Waals surface area contributed by atoms with Crippen molar-refractivity contribution in [3.63, 3.8) is 0 Å². The molecular weight excluding hydrogens is 560 g/mol. The minimum atomic E-state index is -1.13. The van der Waals surface area contributed by atoms with Crippen molar-refractivity contribution >= 4 is 37.4 Å². The summed E-state index contributed by atoms with van der Waals surface area (Å²) in [4.78, 5) is 40.4. The molecule has 4 rings (SSSR count). The second-order valence-electron chi connectivity index (χ2n) is 6.61. The van der Waals surface area contributed by atoms with Crippen LogP contribution in [0.4, 0.5) is 0 Å². The predicted molar refractivity (Wildman–Crippen MR) is 136 cm³/mol. The van der Waals surface area contributed by atoms with Crippen molar-refractivity contribution in [2.24, 2.45) is 0 Å². The molecule has 0 amide bonds. The number of hydrogen-bond donors (Lipinski definition) is 0. The predicted octanol–water partition coefficient (Wildman–Crippen LogP) is -0.875. The molecule has 201 valence electrons. The van der Waals surface area contributed by atoms with E-state index in [4.69, 9.17) is 0 Å². The molecule has 0 N–H and O–H groups in total. The van der Waals surface area contributed by atoms with Crippen molar-refractivity contribution in [1.29, 1.82) is 0 Å². The molecule has 0 bridgehead atoms. The minimum absolute atomic E-state index is 0. The third-order valence-electron chi connectivity index (χ3n) is 4.04. The SMILES string of the molecule is O=C([O-])c1ccccc1.O=C([O-])c1ccccc1.O=C([O-])c1ccccc1.O=C([O-])c1ccccc1.[Cu+2].[SH4+2]. The van der Waals surface area contributed by atoms with Gasteiger partial charge in [0.1, 0.15) is 0 Å². The van der Waals surface area contributed by atoms with Gasteiger partial charge in [0.25, 0.3) is 0 Å². The summed E-state index contributed by atoms with van der Waals surface area (Å²) in [5, 5.41) is 40.4. The van der Waals surface area contributed by atoms with Crippen molar-refractivity contribution < 1.29 is 56.7 Å². The van der Waals surface area contributed by atoms with Crippen LogP contribution in [0.1, 0.15) is 41.4 Å². The Kier molecular flexibility index (Phi) is 19.6. The maximum atomic E-state index is 10.1. The summed E-state index contributed by atoms with van der Waals surface area (Å²) in [7, 11) is 0. The van der Waals surface area contributed by atoms with Crippen LogP contribution < -0.4 is 20.4 Å². The first-order valence-corrected chi connectivity index (χ1v) is 10.3. The minimum Gasteiger partial charge on any atom is -0.545 e. The molecule has 4 aromatic carbocycles. The molecule has 0 aliphatic carbocycles. The Bertz CT molecular complexity index is 1020. The van der Waals surface area contributed by atoms with Crippen LogP contribution in [0.3, 0.4) is 0 Å².